The zero-order valence-electron chi connectivity index (χ0n) is 8.81. The van der Waals surface area contributed by atoms with Gasteiger partial charge in [-0.1, -0.05) is 0 Å². The molecule has 3 fully saturated rings. The number of hydrogen-bond donors (Lipinski definition) is 3. The van der Waals surface area contributed by atoms with Crippen molar-refractivity contribution in [2.75, 3.05) is 39.6 Å². The Morgan fingerprint density at radius 2 is 2.27 bits per heavy atom. The summed E-state index contributed by atoms with van der Waals surface area (Å²) in [6.07, 6.45) is 0.881. The zero-order chi connectivity index (χ0) is 10.7. The van der Waals surface area contributed by atoms with Crippen LogP contribution in [0.1, 0.15) is 6.42 Å². The van der Waals surface area contributed by atoms with E-state index in [-0.39, 0.29) is 6.61 Å². The first-order valence-corrected chi connectivity index (χ1v) is 8.57. The van der Waals surface area contributed by atoms with E-state index in [4.69, 9.17) is 14.0 Å². The molecule has 0 amide bonds. The van der Waals surface area contributed by atoms with Gasteiger partial charge in [-0.2, -0.15) is 0 Å². The molecule has 1 spiro atoms. The molecular weight excluding hydrogens is 216 g/mol. The quantitative estimate of drug-likeness (QED) is 0.516. The second kappa shape index (κ2) is 2.30. The molecule has 15 heavy (non-hydrogen) atoms. The van der Waals surface area contributed by atoms with Gasteiger partial charge in [0.1, 0.15) is 0 Å². The van der Waals surface area contributed by atoms with Gasteiger partial charge in [0.05, 0.1) is 0 Å². The number of nitrogens with one attached hydrogen (secondary N) is 1. The minimum absolute atomic E-state index is 0.0598. The van der Waals surface area contributed by atoms with Crippen molar-refractivity contribution in [2.24, 2.45) is 0 Å². The van der Waals surface area contributed by atoms with E-state index < -0.39 is 7.68 Å². The monoisotopic (exact) mass is 235 g/mol. The van der Waals surface area contributed by atoms with Gasteiger partial charge >= 0.3 is 87.6 Å². The Balaban J connectivity index is 2.11. The van der Waals surface area contributed by atoms with E-state index in [0.29, 0.717) is 30.1 Å². The Morgan fingerprint density at radius 1 is 1.40 bits per heavy atom. The minimum atomic E-state index is -4.45. The molecule has 90 valence electrons. The van der Waals surface area contributed by atoms with Gasteiger partial charge < -0.3 is 0 Å². The molecule has 3 N–H and O–H groups in total. The fourth-order valence-corrected chi connectivity index (χ4v) is 10.3. The summed E-state index contributed by atoms with van der Waals surface area (Å²) in [6, 6.07) is 0.579. The summed E-state index contributed by atoms with van der Waals surface area (Å²) in [4.78, 5) is 14.4. The first kappa shape index (κ1) is 10.2. The Bertz CT molecular complexity index is 322. The molecule has 3 aliphatic heterocycles. The molecule has 6 nitrogen and oxygen atoms in total. The first-order valence-electron chi connectivity index (χ1n) is 5.65. The van der Waals surface area contributed by atoms with Crippen molar-refractivity contribution >= 4 is 7.68 Å². The van der Waals surface area contributed by atoms with Gasteiger partial charge in [-0.15, -0.1) is 0 Å². The number of hydrogen-bond acceptors (Lipinski definition) is 5. The Hall–Kier alpha value is -0.0231. The molecule has 7 heteroatoms. The second-order valence-electron chi connectivity index (χ2n) is 5.23. The second-order valence-corrected chi connectivity index (χ2v) is 11.1. The summed E-state index contributed by atoms with van der Waals surface area (Å²) in [6.45, 7) is 3.06. The SMILES string of the molecule is OCC[N@@+]12CCO[Si-2]13(O)(CCCN3)OC2. The third-order valence-electron chi connectivity index (χ3n) is 4.82. The van der Waals surface area contributed by atoms with Crippen molar-refractivity contribution in [3.05, 3.63) is 0 Å². The summed E-state index contributed by atoms with van der Waals surface area (Å²) < 4.78 is 11.9. The van der Waals surface area contributed by atoms with Crippen LogP contribution >= 0.6 is 0 Å². The molecule has 0 bridgehead atoms. The van der Waals surface area contributed by atoms with Gasteiger partial charge in [0.2, 0.25) is 0 Å². The van der Waals surface area contributed by atoms with Crippen LogP contribution in [0.4, 0.5) is 0 Å². The Labute approximate surface area is 88.3 Å². The summed E-state index contributed by atoms with van der Waals surface area (Å²) in [5.74, 6) is 0. The number of rotatable bonds is 2. The third kappa shape index (κ3) is 0.772. The summed E-state index contributed by atoms with van der Waals surface area (Å²) in [5, 5.41) is 9.16. The molecule has 3 aliphatic rings. The van der Waals surface area contributed by atoms with Crippen molar-refractivity contribution in [2.45, 2.75) is 12.5 Å². The third-order valence-corrected chi connectivity index (χ3v) is 12.1. The van der Waals surface area contributed by atoms with Crippen LogP contribution in [0.5, 0.6) is 0 Å². The summed E-state index contributed by atoms with van der Waals surface area (Å²) in [7, 11) is -4.45. The molecule has 0 aromatic carbocycles. The molecule has 0 aliphatic carbocycles. The van der Waals surface area contributed by atoms with Crippen LogP contribution in [0.2, 0.25) is 6.04 Å². The Kier molecular flexibility index (Phi) is 1.56. The standard InChI is InChI=1S/C8H19N2O4Si/c11-5-3-10-4-6-13-15(10,12,14-8-10)7-1-2-9-15/h9,11-12H,1-8H2/q-1/t10-/m0/s1. The van der Waals surface area contributed by atoms with E-state index in [1.54, 1.807) is 0 Å². The molecule has 0 aromatic heterocycles. The van der Waals surface area contributed by atoms with Crippen molar-refractivity contribution < 1.29 is 22.9 Å². The molecule has 1 atom stereocenters. The van der Waals surface area contributed by atoms with Crippen LogP contribution in [0, 0.1) is 0 Å². The topological polar surface area (TPSA) is 71.0 Å². The summed E-state index contributed by atoms with van der Waals surface area (Å²) >= 11 is 0. The van der Waals surface area contributed by atoms with Crippen LogP contribution in [-0.4, -0.2) is 61.3 Å². The van der Waals surface area contributed by atoms with Crippen LogP contribution < -0.4 is 4.98 Å². The molecule has 3 heterocycles. The van der Waals surface area contributed by atoms with E-state index in [2.05, 4.69) is 4.98 Å². The average molecular weight is 235 g/mol. The van der Waals surface area contributed by atoms with Crippen LogP contribution in [0.15, 0.2) is 0 Å². The number of nitrogens with zero attached hydrogens (tertiary/aromatic N) is 1. The van der Waals surface area contributed by atoms with E-state index in [1.165, 1.54) is 0 Å². The van der Waals surface area contributed by atoms with Crippen molar-refractivity contribution in [1.29, 1.82) is 0 Å². The maximum absolute atomic E-state index is 11.2. The predicted molar refractivity (Wildman–Crippen MR) is 54.4 cm³/mol. The fraction of sp³-hybridized carbons (Fsp3) is 1.00. The number of aliphatic hydroxyl groups excluding tert-OH is 1. The molecule has 0 unspecified atom stereocenters. The maximum atomic E-state index is 11.2. The zero-order valence-corrected chi connectivity index (χ0v) is 9.81. The van der Waals surface area contributed by atoms with E-state index in [9.17, 15) is 4.80 Å². The van der Waals surface area contributed by atoms with Gasteiger partial charge in [0, 0.05) is 0 Å². The molecule has 3 rings (SSSR count). The van der Waals surface area contributed by atoms with Gasteiger partial charge in [0.25, 0.3) is 0 Å². The molecule has 0 radical (unpaired) electrons. The first-order chi connectivity index (χ1) is 7.03. The number of quaternary nitrogens is 1. The molecule has 3 saturated heterocycles. The summed E-state index contributed by atoms with van der Waals surface area (Å²) in [5.41, 5.74) is 0. The van der Waals surface area contributed by atoms with Crippen molar-refractivity contribution in [1.82, 2.24) is 4.98 Å². The van der Waals surface area contributed by atoms with Gasteiger partial charge in [-0.05, 0) is 0 Å². The molecule has 0 aromatic rings. The number of aliphatic hydroxyl groups is 1. The van der Waals surface area contributed by atoms with Crippen molar-refractivity contribution in [3.8, 4) is 0 Å². The molecule has 0 saturated carbocycles. The van der Waals surface area contributed by atoms with Gasteiger partial charge in [-0.25, -0.2) is 0 Å². The Morgan fingerprint density at radius 3 is 2.80 bits per heavy atom. The molecular formula is C8H19N2O4Si-. The van der Waals surface area contributed by atoms with Crippen LogP contribution in [-0.2, 0) is 8.85 Å². The normalized spacial score (nSPS) is 48.4. The van der Waals surface area contributed by atoms with Crippen LogP contribution in [0.25, 0.3) is 0 Å². The van der Waals surface area contributed by atoms with Crippen LogP contribution in [0.3, 0.4) is 0 Å². The van der Waals surface area contributed by atoms with E-state index in [0.717, 1.165) is 19.5 Å². The average Bonchev–Trinajstić information content (AvgIpc) is 2.66. The van der Waals surface area contributed by atoms with Crippen molar-refractivity contribution in [3.63, 3.8) is 0 Å². The van der Waals surface area contributed by atoms with Gasteiger partial charge in [-0.3, -0.25) is 0 Å². The van der Waals surface area contributed by atoms with E-state index >= 15 is 0 Å². The fourth-order valence-electron chi connectivity index (χ4n) is 3.76. The predicted octanol–water partition coefficient (Wildman–Crippen LogP) is -1.36. The van der Waals surface area contributed by atoms with E-state index in [1.807, 2.05) is 0 Å². The van der Waals surface area contributed by atoms with Gasteiger partial charge in [0.15, 0.2) is 0 Å².